The van der Waals surface area contributed by atoms with Crippen LogP contribution in [0.3, 0.4) is 0 Å². The lowest BCUT2D eigenvalue weighted by atomic mass is 10.1. The van der Waals surface area contributed by atoms with Crippen LogP contribution in [-0.2, 0) is 22.6 Å². The molecular weight excluding hydrogens is 358 g/mol. The van der Waals surface area contributed by atoms with Crippen LogP contribution in [0.4, 0.5) is 4.79 Å². The number of furan rings is 1. The van der Waals surface area contributed by atoms with Crippen LogP contribution in [0.1, 0.15) is 17.7 Å². The average molecular weight is 376 g/mol. The smallest absolute Gasteiger partial charge is 0.325 e. The Morgan fingerprint density at radius 3 is 2.77 bits per heavy atom. The van der Waals surface area contributed by atoms with Crippen LogP contribution in [0.2, 0.25) is 5.02 Å². The molecule has 7 nitrogen and oxygen atoms in total. The maximum absolute atomic E-state index is 12.4. The Hall–Kier alpha value is -2.80. The van der Waals surface area contributed by atoms with Crippen molar-refractivity contribution in [3.05, 3.63) is 59.0 Å². The first-order chi connectivity index (χ1) is 12.5. The SMILES string of the molecule is O=C(C[C@H]1NC(=O)N(Cc2ccccc2Cl)C1=O)NCCc1ccco1. The number of rotatable bonds is 7. The zero-order chi connectivity index (χ0) is 18.5. The number of nitrogens with zero attached hydrogens (tertiary/aromatic N) is 1. The summed E-state index contributed by atoms with van der Waals surface area (Å²) in [7, 11) is 0. The predicted molar refractivity (Wildman–Crippen MR) is 94.4 cm³/mol. The molecule has 0 unspecified atom stereocenters. The van der Waals surface area contributed by atoms with E-state index >= 15 is 0 Å². The van der Waals surface area contributed by atoms with Crippen LogP contribution >= 0.6 is 11.6 Å². The first-order valence-corrected chi connectivity index (χ1v) is 8.57. The van der Waals surface area contributed by atoms with Gasteiger partial charge in [0.05, 0.1) is 19.2 Å². The van der Waals surface area contributed by atoms with E-state index in [0.29, 0.717) is 23.6 Å². The summed E-state index contributed by atoms with van der Waals surface area (Å²) in [6.07, 6.45) is 2.02. The number of halogens is 1. The summed E-state index contributed by atoms with van der Waals surface area (Å²) in [5, 5.41) is 5.74. The minimum atomic E-state index is -0.867. The molecule has 2 N–H and O–H groups in total. The van der Waals surface area contributed by atoms with Gasteiger partial charge in [-0.1, -0.05) is 29.8 Å². The zero-order valence-corrected chi connectivity index (χ0v) is 14.7. The first kappa shape index (κ1) is 18.0. The van der Waals surface area contributed by atoms with Gasteiger partial charge in [0.15, 0.2) is 0 Å². The summed E-state index contributed by atoms with van der Waals surface area (Å²) in [5.74, 6) is 0.0207. The number of amides is 4. The van der Waals surface area contributed by atoms with Gasteiger partial charge in [-0.05, 0) is 23.8 Å². The molecule has 1 aromatic heterocycles. The Balaban J connectivity index is 1.51. The van der Waals surface area contributed by atoms with Gasteiger partial charge in [-0.15, -0.1) is 0 Å². The zero-order valence-electron chi connectivity index (χ0n) is 13.9. The molecule has 1 aromatic carbocycles. The molecule has 8 heteroatoms. The van der Waals surface area contributed by atoms with E-state index in [2.05, 4.69) is 10.6 Å². The van der Waals surface area contributed by atoms with Gasteiger partial charge in [-0.2, -0.15) is 0 Å². The molecule has 0 aliphatic carbocycles. The van der Waals surface area contributed by atoms with Crippen molar-refractivity contribution in [3.63, 3.8) is 0 Å². The maximum atomic E-state index is 12.4. The maximum Gasteiger partial charge on any atom is 0.325 e. The molecule has 2 aromatic rings. The summed E-state index contributed by atoms with van der Waals surface area (Å²) < 4.78 is 5.18. The van der Waals surface area contributed by atoms with Crippen LogP contribution < -0.4 is 10.6 Å². The second-order valence-corrected chi connectivity index (χ2v) is 6.31. The topological polar surface area (TPSA) is 91.7 Å². The van der Waals surface area contributed by atoms with Gasteiger partial charge < -0.3 is 15.1 Å². The van der Waals surface area contributed by atoms with Crippen LogP contribution in [0, 0.1) is 0 Å². The van der Waals surface area contributed by atoms with E-state index in [4.69, 9.17) is 16.0 Å². The van der Waals surface area contributed by atoms with Crippen molar-refractivity contribution in [2.75, 3.05) is 6.54 Å². The number of carbonyl (C=O) groups excluding carboxylic acids is 3. The molecule has 0 spiro atoms. The van der Waals surface area contributed by atoms with Crippen molar-refractivity contribution in [1.29, 1.82) is 0 Å². The fraction of sp³-hybridized carbons (Fsp3) is 0.278. The molecule has 136 valence electrons. The van der Waals surface area contributed by atoms with Crippen molar-refractivity contribution in [3.8, 4) is 0 Å². The van der Waals surface area contributed by atoms with Crippen molar-refractivity contribution < 1.29 is 18.8 Å². The largest absolute Gasteiger partial charge is 0.469 e. The summed E-state index contributed by atoms with van der Waals surface area (Å²) in [4.78, 5) is 37.6. The third kappa shape index (κ3) is 4.23. The van der Waals surface area contributed by atoms with E-state index in [9.17, 15) is 14.4 Å². The van der Waals surface area contributed by atoms with Gasteiger partial charge in [-0.3, -0.25) is 14.5 Å². The molecule has 1 fully saturated rings. The van der Waals surface area contributed by atoms with Gasteiger partial charge in [0.25, 0.3) is 5.91 Å². The summed E-state index contributed by atoms with van der Waals surface area (Å²) in [6.45, 7) is 0.464. The highest BCUT2D eigenvalue weighted by molar-refractivity contribution is 6.31. The third-order valence-corrected chi connectivity index (χ3v) is 4.43. The lowest BCUT2D eigenvalue weighted by Crippen LogP contribution is -2.37. The van der Waals surface area contributed by atoms with E-state index < -0.39 is 18.0 Å². The predicted octanol–water partition coefficient (Wildman–Crippen LogP) is 2.10. The van der Waals surface area contributed by atoms with Crippen molar-refractivity contribution >= 4 is 29.4 Å². The molecule has 3 rings (SSSR count). The van der Waals surface area contributed by atoms with Crippen molar-refractivity contribution in [2.45, 2.75) is 25.4 Å². The minimum Gasteiger partial charge on any atom is -0.469 e. The molecule has 0 radical (unpaired) electrons. The van der Waals surface area contributed by atoms with Crippen LogP contribution in [0.15, 0.2) is 47.1 Å². The number of hydrogen-bond acceptors (Lipinski definition) is 4. The number of benzene rings is 1. The van der Waals surface area contributed by atoms with Gasteiger partial charge in [0.2, 0.25) is 5.91 Å². The molecule has 0 bridgehead atoms. The summed E-state index contributed by atoms with van der Waals surface area (Å²) in [5.41, 5.74) is 0.668. The Morgan fingerprint density at radius 1 is 1.23 bits per heavy atom. The normalized spacial score (nSPS) is 16.7. The third-order valence-electron chi connectivity index (χ3n) is 4.06. The molecule has 1 saturated heterocycles. The number of hydrogen-bond donors (Lipinski definition) is 2. The second-order valence-electron chi connectivity index (χ2n) is 5.90. The highest BCUT2D eigenvalue weighted by Gasteiger charge is 2.39. The lowest BCUT2D eigenvalue weighted by Gasteiger charge is -2.14. The Morgan fingerprint density at radius 2 is 2.04 bits per heavy atom. The molecule has 26 heavy (non-hydrogen) atoms. The van der Waals surface area contributed by atoms with E-state index in [1.807, 2.05) is 6.07 Å². The standard InChI is InChI=1S/C18H18ClN3O4/c19-14-6-2-1-4-12(14)11-22-17(24)15(21-18(22)25)10-16(23)20-8-7-13-5-3-9-26-13/h1-6,9,15H,7-8,10-11H2,(H,20,23)(H,21,25)/t15-/m1/s1. The Bertz CT molecular complexity index is 807. The summed E-state index contributed by atoms with van der Waals surface area (Å²) >= 11 is 6.08. The molecule has 1 aliphatic rings. The molecule has 1 atom stereocenters. The quantitative estimate of drug-likeness (QED) is 0.725. The van der Waals surface area contributed by atoms with Crippen LogP contribution in [0.5, 0.6) is 0 Å². The lowest BCUT2D eigenvalue weighted by molar-refractivity contribution is -0.131. The highest BCUT2D eigenvalue weighted by Crippen LogP contribution is 2.20. The number of carbonyl (C=O) groups is 3. The molecule has 4 amide bonds. The van der Waals surface area contributed by atoms with Gasteiger partial charge in [0, 0.05) is 18.0 Å². The number of imide groups is 1. The Labute approximate surface area is 155 Å². The van der Waals surface area contributed by atoms with E-state index in [1.54, 1.807) is 36.6 Å². The van der Waals surface area contributed by atoms with Gasteiger partial charge in [-0.25, -0.2) is 4.79 Å². The van der Waals surface area contributed by atoms with E-state index in [-0.39, 0.29) is 18.9 Å². The fourth-order valence-electron chi connectivity index (χ4n) is 2.70. The van der Waals surface area contributed by atoms with Crippen LogP contribution in [-0.4, -0.2) is 35.3 Å². The second kappa shape index (κ2) is 8.05. The van der Waals surface area contributed by atoms with Crippen molar-refractivity contribution in [1.82, 2.24) is 15.5 Å². The molecule has 2 heterocycles. The number of nitrogens with one attached hydrogen (secondary N) is 2. The minimum absolute atomic E-state index is 0.0704. The van der Waals surface area contributed by atoms with Crippen LogP contribution in [0.25, 0.3) is 0 Å². The number of urea groups is 1. The van der Waals surface area contributed by atoms with Crippen molar-refractivity contribution in [2.24, 2.45) is 0 Å². The molecular formula is C18H18ClN3O4. The van der Waals surface area contributed by atoms with Gasteiger partial charge >= 0.3 is 6.03 Å². The van der Waals surface area contributed by atoms with E-state index in [0.717, 1.165) is 10.7 Å². The fourth-order valence-corrected chi connectivity index (χ4v) is 2.89. The summed E-state index contributed by atoms with van der Waals surface area (Å²) in [6, 6.07) is 9.20. The average Bonchev–Trinajstić information content (AvgIpc) is 3.21. The van der Waals surface area contributed by atoms with E-state index in [1.165, 1.54) is 0 Å². The molecule has 0 saturated carbocycles. The monoisotopic (exact) mass is 375 g/mol. The Kier molecular flexibility index (Phi) is 5.58. The first-order valence-electron chi connectivity index (χ1n) is 8.19. The molecule has 1 aliphatic heterocycles. The highest BCUT2D eigenvalue weighted by atomic mass is 35.5. The van der Waals surface area contributed by atoms with Gasteiger partial charge in [0.1, 0.15) is 11.8 Å².